The van der Waals surface area contributed by atoms with Crippen molar-refractivity contribution in [2.75, 3.05) is 32.8 Å². The van der Waals surface area contributed by atoms with Gasteiger partial charge in [0.2, 0.25) is 0 Å². The van der Waals surface area contributed by atoms with Crippen LogP contribution in [0.1, 0.15) is 47.0 Å². The predicted molar refractivity (Wildman–Crippen MR) is 129 cm³/mol. The Labute approximate surface area is 184 Å². The van der Waals surface area contributed by atoms with Crippen LogP contribution in [0.2, 0.25) is 0 Å². The summed E-state index contributed by atoms with van der Waals surface area (Å²) in [5.74, 6) is 1.66. The maximum Gasteiger partial charge on any atom is 0.119 e. The maximum atomic E-state index is 5.81. The third-order valence-corrected chi connectivity index (χ3v) is 8.71. The summed E-state index contributed by atoms with van der Waals surface area (Å²) < 4.78 is 6.34. The Morgan fingerprint density at radius 3 is 2.04 bits per heavy atom. The molecule has 3 nitrogen and oxygen atoms in total. The Hall–Kier alpha value is 0.120. The number of halogens is 1. The van der Waals surface area contributed by atoms with Gasteiger partial charge in [-0.3, -0.25) is 0 Å². The van der Waals surface area contributed by atoms with Crippen molar-refractivity contribution >= 4 is 38.6 Å². The van der Waals surface area contributed by atoms with E-state index in [-0.39, 0.29) is 26.5 Å². The Kier molecular flexibility index (Phi) is 11.8. The molecule has 1 saturated heterocycles. The summed E-state index contributed by atoms with van der Waals surface area (Å²) in [5.41, 5.74) is 0. The van der Waals surface area contributed by atoms with Crippen molar-refractivity contribution in [3.05, 3.63) is 30.3 Å². The van der Waals surface area contributed by atoms with Gasteiger partial charge in [-0.15, -0.1) is 17.0 Å². The predicted octanol–water partition coefficient (Wildman–Crippen LogP) is 5.56. The highest BCUT2D eigenvalue weighted by molar-refractivity contribution is 8.93. The van der Waals surface area contributed by atoms with E-state index in [2.05, 4.69) is 38.3 Å². The molecule has 0 saturated carbocycles. The quantitative estimate of drug-likeness (QED) is 0.414. The van der Waals surface area contributed by atoms with Gasteiger partial charge in [-0.2, -0.15) is 0 Å². The maximum absolute atomic E-state index is 5.81. The number of rotatable bonds is 6. The molecule has 1 heterocycles. The average molecular weight is 478 g/mol. The van der Waals surface area contributed by atoms with Crippen molar-refractivity contribution in [1.82, 2.24) is 10.6 Å². The van der Waals surface area contributed by atoms with Crippen molar-refractivity contribution in [2.45, 2.75) is 56.5 Å². The molecule has 0 aliphatic carbocycles. The van der Waals surface area contributed by atoms with Gasteiger partial charge >= 0.3 is 0 Å². The molecular weight excluding hydrogens is 440 g/mol. The van der Waals surface area contributed by atoms with E-state index >= 15 is 0 Å². The second kappa shape index (κ2) is 12.6. The molecule has 1 fully saturated rings. The molecule has 0 aromatic heterocycles. The monoisotopic (exact) mass is 476 g/mol. The van der Waals surface area contributed by atoms with Gasteiger partial charge in [0, 0.05) is 22.6 Å². The fourth-order valence-electron chi connectivity index (χ4n) is 2.96. The minimum absolute atomic E-state index is 0. The molecule has 0 amide bonds. The van der Waals surface area contributed by atoms with Crippen molar-refractivity contribution in [3.63, 3.8) is 0 Å². The highest BCUT2D eigenvalue weighted by atomic mass is 79.9. The highest BCUT2D eigenvalue weighted by Crippen LogP contribution is 2.43. The fraction of sp³-hybridized carbons (Fsp3) is 0.714. The topological polar surface area (TPSA) is 33.3 Å². The smallest absolute Gasteiger partial charge is 0.119 e. The first kappa shape index (κ1) is 25.2. The van der Waals surface area contributed by atoms with Gasteiger partial charge < -0.3 is 15.4 Å². The Morgan fingerprint density at radius 1 is 0.926 bits per heavy atom. The minimum atomic E-state index is 0. The van der Waals surface area contributed by atoms with Gasteiger partial charge in [0.1, 0.15) is 5.75 Å². The molecule has 0 bridgehead atoms. The summed E-state index contributed by atoms with van der Waals surface area (Å²) in [4.78, 5) is 0. The van der Waals surface area contributed by atoms with E-state index in [0.717, 1.165) is 45.0 Å². The van der Waals surface area contributed by atoms with E-state index < -0.39 is 0 Å². The number of ether oxygens (including phenoxy) is 1. The molecule has 0 spiro atoms. The largest absolute Gasteiger partial charge is 0.494 e. The molecule has 2 rings (SSSR count). The molecule has 1 aromatic rings. The molecule has 0 atom stereocenters. The van der Waals surface area contributed by atoms with Crippen LogP contribution in [0.5, 0.6) is 5.75 Å². The van der Waals surface area contributed by atoms with Gasteiger partial charge in [0.05, 0.1) is 6.61 Å². The van der Waals surface area contributed by atoms with Crippen LogP contribution >= 0.6 is 38.6 Å². The lowest BCUT2D eigenvalue weighted by atomic mass is 10.0. The summed E-state index contributed by atoms with van der Waals surface area (Å²) in [6.07, 6.45) is 3.59. The normalized spacial score (nSPS) is 20.9. The summed E-state index contributed by atoms with van der Waals surface area (Å²) in [7, 11) is 4.03. The third kappa shape index (κ3) is 11.0. The molecule has 156 valence electrons. The Morgan fingerprint density at radius 2 is 1.48 bits per heavy atom. The van der Waals surface area contributed by atoms with Crippen molar-refractivity contribution in [1.29, 1.82) is 0 Å². The van der Waals surface area contributed by atoms with Crippen LogP contribution in [0.15, 0.2) is 30.3 Å². The standard InChI is InChI=1S/C21H36N2OS2.BrH/c1-20(2)16-22-14-18(15-23-17-21(3,4)26-25-20)10-8-9-13-24-19-11-6-5-7-12-19;/h5-7,11-12,18,22-23H,8-10,13-17H2,1-4H3;1H. The lowest BCUT2D eigenvalue weighted by Crippen LogP contribution is -2.38. The SMILES string of the molecule is Br.CC1(C)CNCC(CCCCOc2ccccc2)CNCC(C)(C)SS1. The van der Waals surface area contributed by atoms with E-state index in [1.54, 1.807) is 0 Å². The zero-order chi connectivity index (χ0) is 18.9. The summed E-state index contributed by atoms with van der Waals surface area (Å²) in [5, 5.41) is 7.42. The molecule has 1 aromatic carbocycles. The van der Waals surface area contributed by atoms with Gasteiger partial charge in [-0.1, -0.05) is 39.8 Å². The van der Waals surface area contributed by atoms with Gasteiger partial charge in [-0.05, 0) is 78.1 Å². The number of hydrogen-bond acceptors (Lipinski definition) is 5. The Bertz CT molecular complexity index is 492. The van der Waals surface area contributed by atoms with Crippen LogP contribution in [-0.4, -0.2) is 42.3 Å². The Balaban J connectivity index is 0.00000364. The highest BCUT2D eigenvalue weighted by Gasteiger charge is 2.27. The second-order valence-electron chi connectivity index (χ2n) is 8.47. The van der Waals surface area contributed by atoms with Crippen LogP contribution < -0.4 is 15.4 Å². The van der Waals surface area contributed by atoms with Crippen LogP contribution in [0.4, 0.5) is 0 Å². The molecule has 2 N–H and O–H groups in total. The molecule has 1 aliphatic heterocycles. The lowest BCUT2D eigenvalue weighted by Gasteiger charge is -2.29. The van der Waals surface area contributed by atoms with E-state index in [4.69, 9.17) is 4.74 Å². The van der Waals surface area contributed by atoms with Crippen molar-refractivity contribution < 1.29 is 4.74 Å². The number of hydrogen-bond donors (Lipinski definition) is 2. The summed E-state index contributed by atoms with van der Waals surface area (Å²) >= 11 is 0. The molecule has 6 heteroatoms. The molecule has 1 aliphatic rings. The third-order valence-electron chi connectivity index (χ3n) is 4.48. The number of unbranched alkanes of at least 4 members (excludes halogenated alkanes) is 1. The van der Waals surface area contributed by atoms with Crippen LogP contribution in [0.3, 0.4) is 0 Å². The molecular formula is C21H37BrN2OS2. The number of benzene rings is 1. The van der Waals surface area contributed by atoms with Crippen molar-refractivity contribution in [2.24, 2.45) is 5.92 Å². The first-order valence-corrected chi connectivity index (χ1v) is 12.0. The fourth-order valence-corrected chi connectivity index (χ4v) is 5.44. The molecule has 0 unspecified atom stereocenters. The summed E-state index contributed by atoms with van der Waals surface area (Å²) in [6.45, 7) is 14.5. The first-order valence-electron chi connectivity index (χ1n) is 9.82. The van der Waals surface area contributed by atoms with E-state index in [0.29, 0.717) is 5.92 Å². The zero-order valence-corrected chi connectivity index (χ0v) is 20.6. The molecule has 0 radical (unpaired) electrons. The first-order chi connectivity index (χ1) is 12.4. The lowest BCUT2D eigenvalue weighted by molar-refractivity contribution is 0.295. The van der Waals surface area contributed by atoms with E-state index in [1.165, 1.54) is 12.8 Å². The average Bonchev–Trinajstić information content (AvgIpc) is 2.62. The number of nitrogens with one attached hydrogen (secondary N) is 2. The van der Waals surface area contributed by atoms with Gasteiger partial charge in [-0.25, -0.2) is 0 Å². The van der Waals surface area contributed by atoms with E-state index in [1.807, 2.05) is 51.9 Å². The van der Waals surface area contributed by atoms with Gasteiger partial charge in [0.15, 0.2) is 0 Å². The van der Waals surface area contributed by atoms with Crippen LogP contribution in [0.25, 0.3) is 0 Å². The molecule has 27 heavy (non-hydrogen) atoms. The van der Waals surface area contributed by atoms with Crippen LogP contribution in [0, 0.1) is 5.92 Å². The van der Waals surface area contributed by atoms with Gasteiger partial charge in [0.25, 0.3) is 0 Å². The minimum Gasteiger partial charge on any atom is -0.494 e. The zero-order valence-electron chi connectivity index (χ0n) is 17.3. The number of para-hydroxylation sites is 1. The van der Waals surface area contributed by atoms with Crippen LogP contribution in [-0.2, 0) is 0 Å². The van der Waals surface area contributed by atoms with Crippen molar-refractivity contribution in [3.8, 4) is 5.75 Å². The second-order valence-corrected chi connectivity index (χ2v) is 12.0. The summed E-state index contributed by atoms with van der Waals surface area (Å²) in [6, 6.07) is 10.1. The van der Waals surface area contributed by atoms with E-state index in [9.17, 15) is 0 Å².